The molecule has 0 aromatic carbocycles. The number of likely N-dealkylation sites (tertiary alicyclic amines) is 1. The van der Waals surface area contributed by atoms with Gasteiger partial charge >= 0.3 is 0 Å². The number of aliphatic hydroxyl groups is 1. The summed E-state index contributed by atoms with van der Waals surface area (Å²) >= 11 is 0. The molecule has 0 radical (unpaired) electrons. The Morgan fingerprint density at radius 2 is 2.06 bits per heavy atom. The Bertz CT molecular complexity index is 311. The molecule has 4 nitrogen and oxygen atoms in total. The van der Waals surface area contributed by atoms with E-state index < -0.39 is 5.60 Å². The lowest BCUT2D eigenvalue weighted by molar-refractivity contribution is -0.143. The maximum absolute atomic E-state index is 12.3. The van der Waals surface area contributed by atoms with Crippen molar-refractivity contribution < 1.29 is 9.90 Å². The van der Waals surface area contributed by atoms with E-state index in [1.54, 1.807) is 0 Å². The molecule has 3 aliphatic rings. The number of rotatable bonds is 4. The normalized spacial score (nSPS) is 32.4. The number of amides is 1. The lowest BCUT2D eigenvalue weighted by atomic mass is 9.79. The molecule has 1 amide bonds. The highest BCUT2D eigenvalue weighted by atomic mass is 16.3. The average Bonchev–Trinajstić information content (AvgIpc) is 3.06. The van der Waals surface area contributed by atoms with Gasteiger partial charge in [0.25, 0.3) is 0 Å². The molecule has 4 heteroatoms. The summed E-state index contributed by atoms with van der Waals surface area (Å²) in [7, 11) is 0. The Labute approximate surface area is 102 Å². The fraction of sp³-hybridized carbons (Fsp3) is 0.923. The first kappa shape index (κ1) is 11.5. The number of hydrogen-bond acceptors (Lipinski definition) is 3. The molecule has 2 N–H and O–H groups in total. The van der Waals surface area contributed by atoms with Crippen molar-refractivity contribution in [3.8, 4) is 0 Å². The van der Waals surface area contributed by atoms with Crippen LogP contribution in [0.1, 0.15) is 44.9 Å². The van der Waals surface area contributed by atoms with Crippen molar-refractivity contribution in [3.05, 3.63) is 0 Å². The first-order chi connectivity index (χ1) is 8.16. The van der Waals surface area contributed by atoms with Crippen LogP contribution in [0.4, 0.5) is 0 Å². The third-order valence-electron chi connectivity index (χ3n) is 4.31. The lowest BCUT2D eigenvalue weighted by Crippen LogP contribution is -2.57. The van der Waals surface area contributed by atoms with Gasteiger partial charge in [-0.1, -0.05) is 0 Å². The van der Waals surface area contributed by atoms with Gasteiger partial charge in [0.05, 0.1) is 11.6 Å². The van der Waals surface area contributed by atoms with Gasteiger partial charge in [0.1, 0.15) is 0 Å². The van der Waals surface area contributed by atoms with Crippen LogP contribution < -0.4 is 5.32 Å². The molecule has 1 aliphatic heterocycles. The molecule has 0 aromatic heterocycles. The van der Waals surface area contributed by atoms with E-state index in [0.29, 0.717) is 12.6 Å². The van der Waals surface area contributed by atoms with Crippen LogP contribution in [0.2, 0.25) is 0 Å². The van der Waals surface area contributed by atoms with Crippen molar-refractivity contribution in [2.45, 2.75) is 62.6 Å². The van der Waals surface area contributed by atoms with Crippen molar-refractivity contribution in [1.82, 2.24) is 10.2 Å². The van der Waals surface area contributed by atoms with Crippen LogP contribution >= 0.6 is 0 Å². The number of carbonyl (C=O) groups excluding carboxylic acids is 1. The van der Waals surface area contributed by atoms with Gasteiger partial charge in [-0.15, -0.1) is 0 Å². The SMILES string of the molecule is O=C1C(NC2CC2)CCCN1CC1(O)CCC1. The second-order valence-electron chi connectivity index (χ2n) is 5.97. The number of hydrogen-bond donors (Lipinski definition) is 2. The molecule has 1 heterocycles. The van der Waals surface area contributed by atoms with Crippen LogP contribution in [-0.4, -0.2) is 46.7 Å². The molecule has 2 saturated carbocycles. The molecule has 1 unspecified atom stereocenters. The topological polar surface area (TPSA) is 52.6 Å². The molecule has 0 aromatic rings. The van der Waals surface area contributed by atoms with Crippen molar-refractivity contribution in [2.75, 3.05) is 13.1 Å². The van der Waals surface area contributed by atoms with Gasteiger partial charge in [-0.2, -0.15) is 0 Å². The smallest absolute Gasteiger partial charge is 0.239 e. The quantitative estimate of drug-likeness (QED) is 0.756. The van der Waals surface area contributed by atoms with Crippen LogP contribution in [0.3, 0.4) is 0 Å². The zero-order valence-electron chi connectivity index (χ0n) is 10.3. The molecule has 3 fully saturated rings. The number of carbonyl (C=O) groups is 1. The van der Waals surface area contributed by atoms with E-state index in [2.05, 4.69) is 5.32 Å². The predicted octanol–water partition coefficient (Wildman–Crippen LogP) is 0.644. The van der Waals surface area contributed by atoms with Gasteiger partial charge in [-0.25, -0.2) is 0 Å². The predicted molar refractivity (Wildman–Crippen MR) is 64.6 cm³/mol. The molecular formula is C13H22N2O2. The van der Waals surface area contributed by atoms with Crippen molar-refractivity contribution in [3.63, 3.8) is 0 Å². The molecule has 96 valence electrons. The zero-order chi connectivity index (χ0) is 11.9. The fourth-order valence-electron chi connectivity index (χ4n) is 2.88. The largest absolute Gasteiger partial charge is 0.388 e. The summed E-state index contributed by atoms with van der Waals surface area (Å²) in [5.74, 6) is 0.212. The van der Waals surface area contributed by atoms with Gasteiger partial charge in [0.2, 0.25) is 5.91 Å². The zero-order valence-corrected chi connectivity index (χ0v) is 10.3. The number of piperidine rings is 1. The monoisotopic (exact) mass is 238 g/mol. The Hall–Kier alpha value is -0.610. The second kappa shape index (κ2) is 4.25. The van der Waals surface area contributed by atoms with E-state index >= 15 is 0 Å². The molecule has 2 aliphatic carbocycles. The second-order valence-corrected chi connectivity index (χ2v) is 5.97. The van der Waals surface area contributed by atoms with E-state index in [0.717, 1.165) is 38.6 Å². The minimum absolute atomic E-state index is 0.0138. The third-order valence-corrected chi connectivity index (χ3v) is 4.31. The maximum Gasteiger partial charge on any atom is 0.239 e. The summed E-state index contributed by atoms with van der Waals surface area (Å²) in [6.45, 7) is 1.37. The minimum atomic E-state index is -0.572. The Kier molecular flexibility index (Phi) is 2.87. The number of β-amino-alcohol motifs (C(OH)–C–C–N with tert-alkyl or cyclic N) is 1. The van der Waals surface area contributed by atoms with Crippen LogP contribution in [0, 0.1) is 0 Å². The highest BCUT2D eigenvalue weighted by molar-refractivity contribution is 5.82. The highest BCUT2D eigenvalue weighted by Crippen LogP contribution is 2.33. The molecule has 0 bridgehead atoms. The van der Waals surface area contributed by atoms with Crippen LogP contribution in [0.15, 0.2) is 0 Å². The van der Waals surface area contributed by atoms with Crippen LogP contribution in [0.5, 0.6) is 0 Å². The first-order valence-corrected chi connectivity index (χ1v) is 6.94. The summed E-state index contributed by atoms with van der Waals surface area (Å²) in [6, 6.07) is 0.593. The van der Waals surface area contributed by atoms with E-state index in [1.807, 2.05) is 4.90 Å². The van der Waals surface area contributed by atoms with E-state index in [-0.39, 0.29) is 11.9 Å². The first-order valence-electron chi connectivity index (χ1n) is 6.94. The molecule has 1 atom stereocenters. The Morgan fingerprint density at radius 3 is 2.65 bits per heavy atom. The van der Waals surface area contributed by atoms with Gasteiger partial charge in [-0.05, 0) is 44.9 Å². The van der Waals surface area contributed by atoms with Gasteiger partial charge in [-0.3, -0.25) is 4.79 Å². The summed E-state index contributed by atoms with van der Waals surface area (Å²) in [5.41, 5.74) is -0.572. The van der Waals surface area contributed by atoms with Crippen LogP contribution in [0.25, 0.3) is 0 Å². The molecule has 1 saturated heterocycles. The Morgan fingerprint density at radius 1 is 1.29 bits per heavy atom. The summed E-state index contributed by atoms with van der Waals surface area (Å²) in [5, 5.41) is 13.6. The number of nitrogens with zero attached hydrogens (tertiary/aromatic N) is 1. The van der Waals surface area contributed by atoms with Gasteiger partial charge in [0.15, 0.2) is 0 Å². The molecular weight excluding hydrogens is 216 g/mol. The van der Waals surface area contributed by atoms with E-state index in [1.165, 1.54) is 12.8 Å². The lowest BCUT2D eigenvalue weighted by Gasteiger charge is -2.43. The third kappa shape index (κ3) is 2.47. The van der Waals surface area contributed by atoms with Crippen LogP contribution in [-0.2, 0) is 4.79 Å². The summed E-state index contributed by atoms with van der Waals surface area (Å²) < 4.78 is 0. The highest BCUT2D eigenvalue weighted by Gasteiger charge is 2.40. The van der Waals surface area contributed by atoms with Crippen molar-refractivity contribution >= 4 is 5.91 Å². The summed E-state index contributed by atoms with van der Waals surface area (Å²) in [4.78, 5) is 14.1. The van der Waals surface area contributed by atoms with E-state index in [9.17, 15) is 9.90 Å². The minimum Gasteiger partial charge on any atom is -0.388 e. The van der Waals surface area contributed by atoms with E-state index in [4.69, 9.17) is 0 Å². The molecule has 17 heavy (non-hydrogen) atoms. The van der Waals surface area contributed by atoms with Crippen molar-refractivity contribution in [2.24, 2.45) is 0 Å². The van der Waals surface area contributed by atoms with Gasteiger partial charge < -0.3 is 15.3 Å². The standard InChI is InChI=1S/C13H22N2O2/c16-12-11(14-10-4-5-10)3-1-8-15(12)9-13(17)6-2-7-13/h10-11,14,17H,1-9H2. The molecule has 3 rings (SSSR count). The Balaban J connectivity index is 1.57. The maximum atomic E-state index is 12.3. The average molecular weight is 238 g/mol. The van der Waals surface area contributed by atoms with Gasteiger partial charge in [0, 0.05) is 19.1 Å². The summed E-state index contributed by atoms with van der Waals surface area (Å²) in [6.07, 6.45) is 7.27. The number of nitrogens with one attached hydrogen (secondary N) is 1. The fourth-order valence-corrected chi connectivity index (χ4v) is 2.88. The van der Waals surface area contributed by atoms with Crippen molar-refractivity contribution in [1.29, 1.82) is 0 Å². The molecule has 0 spiro atoms.